The first-order valence-corrected chi connectivity index (χ1v) is 4.10. The lowest BCUT2D eigenvalue weighted by molar-refractivity contribution is 0.308. The van der Waals surface area contributed by atoms with E-state index < -0.39 is 0 Å². The normalized spacial score (nSPS) is 9.50. The molecule has 0 heterocycles. The summed E-state index contributed by atoms with van der Waals surface area (Å²) in [5, 5.41) is 0. The summed E-state index contributed by atoms with van der Waals surface area (Å²) in [5.74, 6) is 0.856. The van der Waals surface area contributed by atoms with Crippen LogP contribution in [-0.2, 0) is 4.65 Å². The van der Waals surface area contributed by atoms with Crippen molar-refractivity contribution in [1.82, 2.24) is 0 Å². The van der Waals surface area contributed by atoms with E-state index >= 15 is 0 Å². The Labute approximate surface area is 73.8 Å². The Morgan fingerprint density at radius 2 is 1.92 bits per heavy atom. The van der Waals surface area contributed by atoms with E-state index in [9.17, 15) is 0 Å². The van der Waals surface area contributed by atoms with Gasteiger partial charge in [-0.3, -0.25) is 0 Å². The molecule has 0 atom stereocenters. The first-order valence-electron chi connectivity index (χ1n) is 4.10. The van der Waals surface area contributed by atoms with Crippen molar-refractivity contribution < 1.29 is 9.31 Å². The maximum absolute atomic E-state index is 5.28. The van der Waals surface area contributed by atoms with Crippen LogP contribution in [0.25, 0.3) is 0 Å². The smallest absolute Gasteiger partial charge is 0.506 e. The van der Waals surface area contributed by atoms with E-state index in [0.717, 1.165) is 5.75 Å². The van der Waals surface area contributed by atoms with E-state index in [0.29, 0.717) is 14.3 Å². The summed E-state index contributed by atoms with van der Waals surface area (Å²) in [5.41, 5.74) is 1.23. The van der Waals surface area contributed by atoms with Crippen LogP contribution in [0.1, 0.15) is 12.5 Å². The standard InChI is InChI=1S/C9H13BO2/c1-3-11-10-12-9-6-4-8(2)5-7-9/h4-7,10H,3H2,1-2H3. The van der Waals surface area contributed by atoms with Crippen LogP contribution in [0.2, 0.25) is 0 Å². The predicted molar refractivity (Wildman–Crippen MR) is 50.6 cm³/mol. The van der Waals surface area contributed by atoms with Crippen molar-refractivity contribution in [3.8, 4) is 5.75 Å². The molecule has 0 saturated heterocycles. The van der Waals surface area contributed by atoms with Gasteiger partial charge in [-0.25, -0.2) is 0 Å². The Balaban J connectivity index is 2.37. The number of hydrogen-bond donors (Lipinski definition) is 0. The van der Waals surface area contributed by atoms with Crippen molar-refractivity contribution in [2.24, 2.45) is 0 Å². The van der Waals surface area contributed by atoms with Crippen LogP contribution in [-0.4, -0.2) is 14.3 Å². The quantitative estimate of drug-likeness (QED) is 0.497. The van der Waals surface area contributed by atoms with E-state index in [4.69, 9.17) is 9.31 Å². The first-order chi connectivity index (χ1) is 5.83. The summed E-state index contributed by atoms with van der Waals surface area (Å²) in [7, 11) is 0.333. The van der Waals surface area contributed by atoms with Gasteiger partial charge in [0.05, 0.1) is 0 Å². The van der Waals surface area contributed by atoms with E-state index in [1.165, 1.54) is 5.56 Å². The molecule has 1 aromatic rings. The van der Waals surface area contributed by atoms with Crippen molar-refractivity contribution in [3.05, 3.63) is 29.8 Å². The summed E-state index contributed by atoms with van der Waals surface area (Å²) in [4.78, 5) is 0. The molecule has 2 nitrogen and oxygen atoms in total. The second-order valence-electron chi connectivity index (χ2n) is 2.57. The molecule has 0 saturated carbocycles. The molecule has 0 bridgehead atoms. The number of hydrogen-bond acceptors (Lipinski definition) is 2. The Hall–Kier alpha value is -0.955. The highest BCUT2D eigenvalue weighted by atomic mass is 16.6. The van der Waals surface area contributed by atoms with Gasteiger partial charge < -0.3 is 9.31 Å². The molecule has 64 valence electrons. The molecule has 0 amide bonds. The van der Waals surface area contributed by atoms with Gasteiger partial charge in [-0.2, -0.15) is 0 Å². The molecule has 1 rings (SSSR count). The molecule has 0 aromatic heterocycles. The third kappa shape index (κ3) is 2.97. The highest BCUT2D eigenvalue weighted by molar-refractivity contribution is 6.19. The Bertz CT molecular complexity index is 220. The van der Waals surface area contributed by atoms with E-state index in [-0.39, 0.29) is 0 Å². The summed E-state index contributed by atoms with van der Waals surface area (Å²) in [6.07, 6.45) is 0. The van der Waals surface area contributed by atoms with Gasteiger partial charge in [-0.15, -0.1) is 0 Å². The first kappa shape index (κ1) is 9.14. The highest BCUT2D eigenvalue weighted by Gasteiger charge is 1.93. The van der Waals surface area contributed by atoms with Gasteiger partial charge in [0.1, 0.15) is 5.75 Å². The topological polar surface area (TPSA) is 18.5 Å². The van der Waals surface area contributed by atoms with Gasteiger partial charge >= 0.3 is 7.69 Å². The Kier molecular flexibility index (Phi) is 3.68. The minimum atomic E-state index is 0.333. The van der Waals surface area contributed by atoms with Crippen LogP contribution in [0.5, 0.6) is 5.75 Å². The van der Waals surface area contributed by atoms with Gasteiger partial charge in [0.25, 0.3) is 0 Å². The van der Waals surface area contributed by atoms with E-state index in [2.05, 4.69) is 0 Å². The zero-order chi connectivity index (χ0) is 8.81. The van der Waals surface area contributed by atoms with Crippen LogP contribution >= 0.6 is 0 Å². The van der Waals surface area contributed by atoms with E-state index in [1.807, 2.05) is 38.1 Å². The van der Waals surface area contributed by atoms with Gasteiger partial charge in [0.15, 0.2) is 0 Å². The van der Waals surface area contributed by atoms with Gasteiger partial charge in [0, 0.05) is 6.61 Å². The predicted octanol–water partition coefficient (Wildman–Crippen LogP) is 1.68. The molecule has 3 heteroatoms. The van der Waals surface area contributed by atoms with Crippen molar-refractivity contribution >= 4 is 7.69 Å². The van der Waals surface area contributed by atoms with Crippen LogP contribution < -0.4 is 4.65 Å². The van der Waals surface area contributed by atoms with Crippen LogP contribution in [0.15, 0.2) is 24.3 Å². The number of aryl methyl sites for hydroxylation is 1. The maximum Gasteiger partial charge on any atom is 0.506 e. The fourth-order valence-corrected chi connectivity index (χ4v) is 0.828. The zero-order valence-electron chi connectivity index (χ0n) is 7.54. The minimum Gasteiger partial charge on any atom is -0.539 e. The molecule has 0 N–H and O–H groups in total. The molecule has 0 aliphatic rings. The lowest BCUT2D eigenvalue weighted by Gasteiger charge is -2.03. The van der Waals surface area contributed by atoms with Crippen LogP contribution in [0, 0.1) is 6.92 Å². The lowest BCUT2D eigenvalue weighted by Crippen LogP contribution is -2.06. The van der Waals surface area contributed by atoms with Gasteiger partial charge in [0.2, 0.25) is 0 Å². The van der Waals surface area contributed by atoms with Gasteiger partial charge in [-0.05, 0) is 26.0 Å². The molecule has 1 aromatic carbocycles. The molecule has 0 radical (unpaired) electrons. The van der Waals surface area contributed by atoms with Crippen molar-refractivity contribution in [2.75, 3.05) is 6.61 Å². The maximum atomic E-state index is 5.28. The number of rotatable bonds is 4. The molecular formula is C9H13BO2. The second-order valence-corrected chi connectivity index (χ2v) is 2.57. The fourth-order valence-electron chi connectivity index (χ4n) is 0.828. The average molecular weight is 164 g/mol. The molecule has 0 aliphatic carbocycles. The largest absolute Gasteiger partial charge is 0.539 e. The lowest BCUT2D eigenvalue weighted by atomic mass is 10.2. The van der Waals surface area contributed by atoms with Gasteiger partial charge in [-0.1, -0.05) is 17.7 Å². The SMILES string of the molecule is CCOBOc1ccc(C)cc1. The number of benzene rings is 1. The molecule has 0 unspecified atom stereocenters. The van der Waals surface area contributed by atoms with Crippen molar-refractivity contribution in [3.63, 3.8) is 0 Å². The molecule has 12 heavy (non-hydrogen) atoms. The van der Waals surface area contributed by atoms with Crippen molar-refractivity contribution in [2.45, 2.75) is 13.8 Å². The van der Waals surface area contributed by atoms with Crippen LogP contribution in [0.3, 0.4) is 0 Å². The monoisotopic (exact) mass is 164 g/mol. The Morgan fingerprint density at radius 1 is 1.25 bits per heavy atom. The van der Waals surface area contributed by atoms with Crippen molar-refractivity contribution in [1.29, 1.82) is 0 Å². The van der Waals surface area contributed by atoms with E-state index in [1.54, 1.807) is 0 Å². The summed E-state index contributed by atoms with van der Waals surface area (Å²) < 4.78 is 10.3. The second kappa shape index (κ2) is 4.83. The van der Waals surface area contributed by atoms with Crippen LogP contribution in [0.4, 0.5) is 0 Å². The minimum absolute atomic E-state index is 0.333. The highest BCUT2D eigenvalue weighted by Crippen LogP contribution is 2.10. The molecule has 0 spiro atoms. The third-order valence-corrected chi connectivity index (χ3v) is 1.53. The molecule has 0 fully saturated rings. The molecule has 0 aliphatic heterocycles. The zero-order valence-corrected chi connectivity index (χ0v) is 7.54. The Morgan fingerprint density at radius 3 is 2.50 bits per heavy atom. The fraction of sp³-hybridized carbons (Fsp3) is 0.333. The summed E-state index contributed by atoms with van der Waals surface area (Å²) >= 11 is 0. The molecular weight excluding hydrogens is 151 g/mol. The average Bonchev–Trinajstić information content (AvgIpc) is 2.09. The third-order valence-electron chi connectivity index (χ3n) is 1.53. The summed E-state index contributed by atoms with van der Waals surface area (Å²) in [6, 6.07) is 7.91. The summed E-state index contributed by atoms with van der Waals surface area (Å²) in [6.45, 7) is 4.68.